The summed E-state index contributed by atoms with van der Waals surface area (Å²) in [5, 5.41) is 4.71. The van der Waals surface area contributed by atoms with Crippen LogP contribution >= 0.6 is 0 Å². The highest BCUT2D eigenvalue weighted by molar-refractivity contribution is 6.28. The molecule has 6 aromatic rings. The van der Waals surface area contributed by atoms with Crippen LogP contribution in [0.5, 0.6) is 0 Å². The van der Waals surface area contributed by atoms with Gasteiger partial charge in [0.15, 0.2) is 10.9 Å². The molecule has 0 amide bonds. The number of nitrogens with zero attached hydrogens (tertiary/aromatic N) is 1. The van der Waals surface area contributed by atoms with E-state index in [2.05, 4.69) is 0 Å². The standard InChI is InChI=1S/C27H17NO3/c1-28(16-7-3-2-4-8-16)17-13-22-26-24(14-17)31-23-15-18(29)11-12-21(23)25(26)19-9-5-6-10-20(19)27(22)30/h2-15H,1H3. The molecule has 4 heteroatoms. The number of anilines is 2. The van der Waals surface area contributed by atoms with Gasteiger partial charge < -0.3 is 9.32 Å². The molecule has 31 heavy (non-hydrogen) atoms. The molecule has 0 saturated carbocycles. The van der Waals surface area contributed by atoms with Crippen molar-refractivity contribution in [2.75, 3.05) is 11.9 Å². The van der Waals surface area contributed by atoms with Crippen LogP contribution in [0.3, 0.4) is 0 Å². The summed E-state index contributed by atoms with van der Waals surface area (Å²) in [5.74, 6) is 0. The molecule has 0 bridgehead atoms. The second kappa shape index (κ2) is 6.41. The van der Waals surface area contributed by atoms with Gasteiger partial charge in [0.25, 0.3) is 0 Å². The Balaban J connectivity index is 1.83. The fraction of sp³-hybridized carbons (Fsp3) is 0.0370. The molecule has 1 aromatic heterocycles. The van der Waals surface area contributed by atoms with E-state index in [1.54, 1.807) is 6.07 Å². The molecular formula is C27H17NO3. The van der Waals surface area contributed by atoms with Gasteiger partial charge in [-0.3, -0.25) is 9.59 Å². The summed E-state index contributed by atoms with van der Waals surface area (Å²) in [7, 11) is 1.96. The third-order valence-corrected chi connectivity index (χ3v) is 6.00. The fourth-order valence-corrected chi connectivity index (χ4v) is 4.48. The minimum absolute atomic E-state index is 0.0218. The highest BCUT2D eigenvalue weighted by Crippen LogP contribution is 2.39. The first kappa shape index (κ1) is 17.7. The van der Waals surface area contributed by atoms with Gasteiger partial charge in [-0.15, -0.1) is 0 Å². The first-order chi connectivity index (χ1) is 15.1. The third kappa shape index (κ3) is 2.55. The molecule has 0 saturated heterocycles. The van der Waals surface area contributed by atoms with Crippen molar-refractivity contribution in [3.8, 4) is 0 Å². The van der Waals surface area contributed by atoms with E-state index in [9.17, 15) is 9.59 Å². The van der Waals surface area contributed by atoms with Gasteiger partial charge in [-0.1, -0.05) is 42.5 Å². The molecule has 0 spiro atoms. The van der Waals surface area contributed by atoms with E-state index in [4.69, 9.17) is 4.42 Å². The molecule has 0 unspecified atom stereocenters. The molecule has 0 aliphatic rings. The minimum Gasteiger partial charge on any atom is -0.456 e. The Hall–Kier alpha value is -4.18. The predicted octanol–water partition coefficient (Wildman–Crippen LogP) is 5.82. The molecule has 0 aliphatic heterocycles. The second-order valence-electron chi connectivity index (χ2n) is 7.77. The number of benzene rings is 5. The first-order valence-electron chi connectivity index (χ1n) is 10.1. The van der Waals surface area contributed by atoms with Crippen molar-refractivity contribution in [1.82, 2.24) is 0 Å². The Labute approximate surface area is 176 Å². The van der Waals surface area contributed by atoms with Gasteiger partial charge in [0, 0.05) is 57.5 Å². The van der Waals surface area contributed by atoms with Crippen LogP contribution in [0.4, 0.5) is 11.4 Å². The smallest absolute Gasteiger partial charge is 0.194 e. The number of rotatable bonds is 2. The largest absolute Gasteiger partial charge is 0.456 e. The van der Waals surface area contributed by atoms with Crippen LogP contribution in [-0.4, -0.2) is 7.05 Å². The summed E-state index contributed by atoms with van der Waals surface area (Å²) in [6.07, 6.45) is 0. The second-order valence-corrected chi connectivity index (χ2v) is 7.77. The van der Waals surface area contributed by atoms with E-state index in [1.807, 2.05) is 78.7 Å². The minimum atomic E-state index is -0.110. The first-order valence-corrected chi connectivity index (χ1v) is 10.1. The predicted molar refractivity (Wildman–Crippen MR) is 127 cm³/mol. The molecule has 1 heterocycles. The number of fused-ring (bicyclic) bond motifs is 4. The maximum Gasteiger partial charge on any atom is 0.194 e. The molecule has 0 atom stereocenters. The zero-order valence-electron chi connectivity index (χ0n) is 16.8. The summed E-state index contributed by atoms with van der Waals surface area (Å²) >= 11 is 0. The van der Waals surface area contributed by atoms with Crippen LogP contribution in [0.1, 0.15) is 0 Å². The number of hydrogen-bond donors (Lipinski definition) is 0. The van der Waals surface area contributed by atoms with Crippen molar-refractivity contribution >= 4 is 54.9 Å². The van der Waals surface area contributed by atoms with Crippen molar-refractivity contribution in [3.63, 3.8) is 0 Å². The quantitative estimate of drug-likeness (QED) is 0.270. The van der Waals surface area contributed by atoms with Crippen LogP contribution in [-0.2, 0) is 0 Å². The Bertz CT molecular complexity index is 1740. The van der Waals surface area contributed by atoms with Crippen LogP contribution in [0.25, 0.3) is 43.5 Å². The van der Waals surface area contributed by atoms with Gasteiger partial charge in [0.1, 0.15) is 11.2 Å². The average molecular weight is 403 g/mol. The zero-order chi connectivity index (χ0) is 21.1. The average Bonchev–Trinajstić information content (AvgIpc) is 2.81. The van der Waals surface area contributed by atoms with Gasteiger partial charge in [-0.2, -0.15) is 0 Å². The summed E-state index contributed by atoms with van der Waals surface area (Å²) in [5.41, 5.74) is 2.82. The SMILES string of the molecule is CN(c1ccccc1)c1cc2oc3cc(=O)ccc3c3c4ccccc4c(=O)c(c1)c23. The molecule has 6 rings (SSSR count). The Kier molecular flexibility index (Phi) is 3.65. The lowest BCUT2D eigenvalue weighted by Gasteiger charge is -2.21. The lowest BCUT2D eigenvalue weighted by atomic mass is 9.94. The van der Waals surface area contributed by atoms with Gasteiger partial charge in [-0.05, 0) is 35.7 Å². The van der Waals surface area contributed by atoms with Crippen LogP contribution in [0, 0.1) is 0 Å². The van der Waals surface area contributed by atoms with E-state index in [0.717, 1.165) is 32.9 Å². The monoisotopic (exact) mass is 403 g/mol. The van der Waals surface area contributed by atoms with Gasteiger partial charge in [-0.25, -0.2) is 0 Å². The molecule has 0 radical (unpaired) electrons. The fourth-order valence-electron chi connectivity index (χ4n) is 4.48. The molecule has 148 valence electrons. The highest BCUT2D eigenvalue weighted by atomic mass is 16.3. The van der Waals surface area contributed by atoms with Crippen LogP contribution in [0.15, 0.2) is 98.9 Å². The zero-order valence-corrected chi connectivity index (χ0v) is 16.8. The van der Waals surface area contributed by atoms with Crippen molar-refractivity contribution in [1.29, 1.82) is 0 Å². The Morgan fingerprint density at radius 3 is 2.16 bits per heavy atom. The molecule has 4 nitrogen and oxygen atoms in total. The number of hydrogen-bond acceptors (Lipinski definition) is 4. The van der Waals surface area contributed by atoms with Crippen LogP contribution in [0.2, 0.25) is 0 Å². The molecule has 0 aliphatic carbocycles. The van der Waals surface area contributed by atoms with E-state index in [-0.39, 0.29) is 10.9 Å². The van der Waals surface area contributed by atoms with Crippen LogP contribution < -0.4 is 15.8 Å². The van der Waals surface area contributed by atoms with Gasteiger partial charge in [0.05, 0.1) is 0 Å². The summed E-state index contributed by atoms with van der Waals surface area (Å²) in [4.78, 5) is 27.5. The lowest BCUT2D eigenvalue weighted by molar-refractivity contribution is 0.661. The van der Waals surface area contributed by atoms with E-state index < -0.39 is 0 Å². The molecule has 0 N–H and O–H groups in total. The summed E-state index contributed by atoms with van der Waals surface area (Å²) in [6.45, 7) is 0. The van der Waals surface area contributed by atoms with Crippen molar-refractivity contribution in [2.45, 2.75) is 0 Å². The van der Waals surface area contributed by atoms with Crippen molar-refractivity contribution in [3.05, 3.63) is 105 Å². The molecular weight excluding hydrogens is 386 g/mol. The Morgan fingerprint density at radius 1 is 0.613 bits per heavy atom. The van der Waals surface area contributed by atoms with E-state index in [0.29, 0.717) is 21.9 Å². The topological polar surface area (TPSA) is 50.5 Å². The molecule has 0 fully saturated rings. The van der Waals surface area contributed by atoms with Crippen molar-refractivity contribution < 1.29 is 4.42 Å². The normalized spacial score (nSPS) is 11.6. The Morgan fingerprint density at radius 2 is 1.35 bits per heavy atom. The van der Waals surface area contributed by atoms with Gasteiger partial charge in [0.2, 0.25) is 0 Å². The molecule has 5 aromatic carbocycles. The third-order valence-electron chi connectivity index (χ3n) is 6.00. The number of para-hydroxylation sites is 1. The van der Waals surface area contributed by atoms with E-state index in [1.165, 1.54) is 12.1 Å². The summed E-state index contributed by atoms with van der Waals surface area (Å²) in [6, 6.07) is 26.3. The van der Waals surface area contributed by atoms with E-state index >= 15 is 0 Å². The maximum absolute atomic E-state index is 13.5. The van der Waals surface area contributed by atoms with Gasteiger partial charge >= 0.3 is 0 Å². The van der Waals surface area contributed by atoms with Crippen molar-refractivity contribution in [2.24, 2.45) is 0 Å². The lowest BCUT2D eigenvalue weighted by Crippen LogP contribution is -2.11. The highest BCUT2D eigenvalue weighted by Gasteiger charge is 2.18. The summed E-state index contributed by atoms with van der Waals surface area (Å²) < 4.78 is 6.20. The maximum atomic E-state index is 13.5.